The topological polar surface area (TPSA) is 66.8 Å². The molecule has 0 spiro atoms. The number of ether oxygens (including phenoxy) is 1. The summed E-state index contributed by atoms with van der Waals surface area (Å²) < 4.78 is 5.56. The molecule has 0 aromatic carbocycles. The number of aliphatic carboxylic acids is 1. The third kappa shape index (κ3) is 3.93. The molecule has 0 bridgehead atoms. The van der Waals surface area contributed by atoms with E-state index in [9.17, 15) is 9.59 Å². The number of nitrogens with zero attached hydrogens (tertiary/aromatic N) is 1. The highest BCUT2D eigenvalue weighted by atomic mass is 16.5. The van der Waals surface area contributed by atoms with Gasteiger partial charge in [-0.25, -0.2) is 0 Å². The Morgan fingerprint density at radius 2 is 1.95 bits per heavy atom. The van der Waals surface area contributed by atoms with Gasteiger partial charge in [0, 0.05) is 25.6 Å². The summed E-state index contributed by atoms with van der Waals surface area (Å²) in [5, 5.41) is 8.79. The molecular weight excluding hydrogens is 246 g/mol. The Kier molecular flexibility index (Phi) is 5.19. The number of rotatable bonds is 4. The maximum atomic E-state index is 12.5. The molecule has 2 saturated heterocycles. The molecular formula is C14H23NO4. The van der Waals surface area contributed by atoms with E-state index in [1.54, 1.807) is 0 Å². The standard InChI is InChI=1S/C14H23NO4/c16-13(17)8-7-11-5-1-3-9-15(11)14(18)12-6-2-4-10-19-12/h11-12H,1-10H2,(H,16,17). The van der Waals surface area contributed by atoms with E-state index in [0.29, 0.717) is 13.0 Å². The number of likely N-dealkylation sites (tertiary alicyclic amines) is 1. The largest absolute Gasteiger partial charge is 0.481 e. The second-order valence-corrected chi connectivity index (χ2v) is 5.47. The van der Waals surface area contributed by atoms with Gasteiger partial charge in [0.05, 0.1) is 0 Å². The van der Waals surface area contributed by atoms with E-state index < -0.39 is 5.97 Å². The molecule has 0 aromatic heterocycles. The fraction of sp³-hybridized carbons (Fsp3) is 0.857. The first-order valence-electron chi connectivity index (χ1n) is 7.32. The second-order valence-electron chi connectivity index (χ2n) is 5.47. The number of piperidine rings is 1. The van der Waals surface area contributed by atoms with Crippen LogP contribution in [0.4, 0.5) is 0 Å². The van der Waals surface area contributed by atoms with Crippen molar-refractivity contribution in [1.82, 2.24) is 4.90 Å². The summed E-state index contributed by atoms with van der Waals surface area (Å²) in [6.07, 6.45) is 6.32. The molecule has 2 heterocycles. The van der Waals surface area contributed by atoms with Crippen molar-refractivity contribution in [3.05, 3.63) is 0 Å². The first kappa shape index (κ1) is 14.3. The van der Waals surface area contributed by atoms with Gasteiger partial charge < -0.3 is 14.7 Å². The average molecular weight is 269 g/mol. The van der Waals surface area contributed by atoms with Crippen LogP contribution in [0.5, 0.6) is 0 Å². The van der Waals surface area contributed by atoms with Crippen molar-refractivity contribution in [2.24, 2.45) is 0 Å². The second kappa shape index (κ2) is 6.89. The van der Waals surface area contributed by atoms with Gasteiger partial charge in [-0.2, -0.15) is 0 Å². The Hall–Kier alpha value is -1.10. The number of carbonyl (C=O) groups is 2. The van der Waals surface area contributed by atoms with E-state index >= 15 is 0 Å². The molecule has 2 fully saturated rings. The average Bonchev–Trinajstić information content (AvgIpc) is 2.45. The highest BCUT2D eigenvalue weighted by molar-refractivity contribution is 5.81. The van der Waals surface area contributed by atoms with Crippen LogP contribution in [-0.4, -0.2) is 47.2 Å². The Balaban J connectivity index is 1.93. The van der Waals surface area contributed by atoms with Gasteiger partial charge in [-0.1, -0.05) is 0 Å². The van der Waals surface area contributed by atoms with Crippen molar-refractivity contribution in [2.75, 3.05) is 13.2 Å². The number of amides is 1. The highest BCUT2D eigenvalue weighted by Crippen LogP contribution is 2.24. The number of hydrogen-bond donors (Lipinski definition) is 1. The molecule has 19 heavy (non-hydrogen) atoms. The molecule has 0 radical (unpaired) electrons. The highest BCUT2D eigenvalue weighted by Gasteiger charge is 2.32. The smallest absolute Gasteiger partial charge is 0.303 e. The summed E-state index contributed by atoms with van der Waals surface area (Å²) in [4.78, 5) is 25.0. The van der Waals surface area contributed by atoms with E-state index in [1.807, 2.05) is 4.90 Å². The predicted molar refractivity (Wildman–Crippen MR) is 69.8 cm³/mol. The van der Waals surface area contributed by atoms with Gasteiger partial charge in [-0.3, -0.25) is 9.59 Å². The fourth-order valence-corrected chi connectivity index (χ4v) is 3.00. The third-order valence-electron chi connectivity index (χ3n) is 4.06. The molecule has 2 aliphatic heterocycles. The number of carbonyl (C=O) groups excluding carboxylic acids is 1. The summed E-state index contributed by atoms with van der Waals surface area (Å²) in [5.41, 5.74) is 0. The van der Waals surface area contributed by atoms with Crippen LogP contribution in [0.25, 0.3) is 0 Å². The minimum atomic E-state index is -0.785. The van der Waals surface area contributed by atoms with Crippen molar-refractivity contribution in [1.29, 1.82) is 0 Å². The lowest BCUT2D eigenvalue weighted by Crippen LogP contribution is -2.49. The van der Waals surface area contributed by atoms with Gasteiger partial charge in [-0.05, 0) is 44.9 Å². The first-order valence-corrected chi connectivity index (χ1v) is 7.32. The molecule has 108 valence electrons. The van der Waals surface area contributed by atoms with Crippen LogP contribution in [0.15, 0.2) is 0 Å². The van der Waals surface area contributed by atoms with Crippen LogP contribution in [0.2, 0.25) is 0 Å². The number of hydrogen-bond acceptors (Lipinski definition) is 3. The van der Waals surface area contributed by atoms with Crippen molar-refractivity contribution in [2.45, 2.75) is 63.5 Å². The zero-order chi connectivity index (χ0) is 13.7. The minimum Gasteiger partial charge on any atom is -0.481 e. The van der Waals surface area contributed by atoms with Gasteiger partial charge in [0.15, 0.2) is 0 Å². The van der Waals surface area contributed by atoms with E-state index in [0.717, 1.165) is 45.1 Å². The van der Waals surface area contributed by atoms with Crippen molar-refractivity contribution >= 4 is 11.9 Å². The molecule has 2 rings (SSSR count). The molecule has 2 unspecified atom stereocenters. The lowest BCUT2D eigenvalue weighted by atomic mass is 9.96. The van der Waals surface area contributed by atoms with Crippen LogP contribution in [-0.2, 0) is 14.3 Å². The number of carboxylic acids is 1. The minimum absolute atomic E-state index is 0.0785. The third-order valence-corrected chi connectivity index (χ3v) is 4.06. The monoisotopic (exact) mass is 269 g/mol. The van der Waals surface area contributed by atoms with Crippen LogP contribution < -0.4 is 0 Å². The molecule has 2 aliphatic rings. The van der Waals surface area contributed by atoms with Crippen molar-refractivity contribution in [3.63, 3.8) is 0 Å². The van der Waals surface area contributed by atoms with Crippen molar-refractivity contribution in [3.8, 4) is 0 Å². The quantitative estimate of drug-likeness (QED) is 0.845. The summed E-state index contributed by atoms with van der Waals surface area (Å²) in [6.45, 7) is 1.42. The van der Waals surface area contributed by atoms with Crippen LogP contribution >= 0.6 is 0 Å². The van der Waals surface area contributed by atoms with E-state index in [2.05, 4.69) is 0 Å². The van der Waals surface area contributed by atoms with E-state index in [4.69, 9.17) is 9.84 Å². The lowest BCUT2D eigenvalue weighted by molar-refractivity contribution is -0.151. The van der Waals surface area contributed by atoms with Crippen LogP contribution in [0, 0.1) is 0 Å². The van der Waals surface area contributed by atoms with Crippen LogP contribution in [0.3, 0.4) is 0 Å². The molecule has 5 heteroatoms. The van der Waals surface area contributed by atoms with Gasteiger partial charge in [0.25, 0.3) is 5.91 Å². The summed E-state index contributed by atoms with van der Waals surface area (Å²) in [7, 11) is 0. The maximum absolute atomic E-state index is 12.5. The molecule has 2 atom stereocenters. The van der Waals surface area contributed by atoms with Gasteiger partial charge in [0.2, 0.25) is 0 Å². The van der Waals surface area contributed by atoms with Crippen LogP contribution in [0.1, 0.15) is 51.4 Å². The summed E-state index contributed by atoms with van der Waals surface area (Å²) >= 11 is 0. The normalized spacial score (nSPS) is 28.1. The Labute approximate surface area is 113 Å². The van der Waals surface area contributed by atoms with E-state index in [-0.39, 0.29) is 24.5 Å². The van der Waals surface area contributed by atoms with E-state index in [1.165, 1.54) is 0 Å². The predicted octanol–water partition coefficient (Wildman–Crippen LogP) is 1.80. The number of carboxylic acid groups (broad SMARTS) is 1. The van der Waals surface area contributed by atoms with Gasteiger partial charge in [0.1, 0.15) is 6.10 Å². The Bertz CT molecular complexity index is 325. The van der Waals surface area contributed by atoms with Gasteiger partial charge in [-0.15, -0.1) is 0 Å². The van der Waals surface area contributed by atoms with Crippen molar-refractivity contribution < 1.29 is 19.4 Å². The Morgan fingerprint density at radius 3 is 2.63 bits per heavy atom. The molecule has 0 saturated carbocycles. The zero-order valence-electron chi connectivity index (χ0n) is 11.3. The lowest BCUT2D eigenvalue weighted by Gasteiger charge is -2.38. The molecule has 1 amide bonds. The summed E-state index contributed by atoms with van der Waals surface area (Å²) in [6, 6.07) is 0.0860. The SMILES string of the molecule is O=C(O)CCC1CCCCN1C(=O)C1CCCCO1. The fourth-order valence-electron chi connectivity index (χ4n) is 3.00. The first-order chi connectivity index (χ1) is 9.18. The summed E-state index contributed by atoms with van der Waals surface area (Å²) in [5.74, 6) is -0.707. The Morgan fingerprint density at radius 1 is 1.16 bits per heavy atom. The molecule has 0 aliphatic carbocycles. The molecule has 1 N–H and O–H groups in total. The molecule has 0 aromatic rings. The molecule has 5 nitrogen and oxygen atoms in total. The van der Waals surface area contributed by atoms with Gasteiger partial charge >= 0.3 is 5.97 Å². The maximum Gasteiger partial charge on any atom is 0.303 e. The zero-order valence-corrected chi connectivity index (χ0v) is 11.3.